The van der Waals surface area contributed by atoms with E-state index in [0.29, 0.717) is 18.7 Å². The average molecular weight is 368 g/mol. The molecule has 2 aromatic rings. The number of likely N-dealkylation sites (N-methyl/N-ethyl adjacent to an activating group) is 1. The number of hydrogen-bond acceptors (Lipinski definition) is 4. The fourth-order valence-corrected chi connectivity index (χ4v) is 3.11. The molecule has 5 nitrogen and oxygen atoms in total. The molecule has 0 spiro atoms. The van der Waals surface area contributed by atoms with E-state index in [1.54, 1.807) is 0 Å². The second-order valence-electron chi connectivity index (χ2n) is 7.83. The van der Waals surface area contributed by atoms with E-state index in [1.807, 2.05) is 55.4 Å². The van der Waals surface area contributed by atoms with E-state index < -0.39 is 0 Å². The van der Waals surface area contributed by atoms with Crippen LogP contribution in [0.2, 0.25) is 0 Å². The number of fused-ring (bicyclic) bond motifs is 1. The van der Waals surface area contributed by atoms with Gasteiger partial charge >= 0.3 is 0 Å². The van der Waals surface area contributed by atoms with Gasteiger partial charge in [0.2, 0.25) is 0 Å². The van der Waals surface area contributed by atoms with Crippen molar-refractivity contribution in [2.24, 2.45) is 0 Å². The van der Waals surface area contributed by atoms with Gasteiger partial charge in [0.25, 0.3) is 5.91 Å². The number of benzene rings is 2. The first-order valence-corrected chi connectivity index (χ1v) is 9.30. The van der Waals surface area contributed by atoms with Crippen molar-refractivity contribution in [2.75, 3.05) is 27.2 Å². The molecule has 1 N–H and O–H groups in total. The number of nitrogens with zero attached hydrogens (tertiary/aromatic N) is 1. The number of ether oxygens (including phenoxy) is 2. The van der Waals surface area contributed by atoms with Gasteiger partial charge in [0.1, 0.15) is 12.2 Å². The molecule has 3 rings (SSSR count). The maximum absolute atomic E-state index is 12.1. The van der Waals surface area contributed by atoms with Gasteiger partial charge in [-0.1, -0.05) is 24.3 Å². The number of hydrogen-bond donors (Lipinski definition) is 1. The van der Waals surface area contributed by atoms with Crippen LogP contribution >= 0.6 is 0 Å². The Balaban J connectivity index is 1.57. The quantitative estimate of drug-likeness (QED) is 0.815. The van der Waals surface area contributed by atoms with E-state index >= 15 is 0 Å². The zero-order valence-corrected chi connectivity index (χ0v) is 16.5. The summed E-state index contributed by atoms with van der Waals surface area (Å²) >= 11 is 0. The van der Waals surface area contributed by atoms with Crippen LogP contribution in [0.3, 0.4) is 0 Å². The molecule has 144 valence electrons. The van der Waals surface area contributed by atoms with Gasteiger partial charge in [-0.3, -0.25) is 4.79 Å². The van der Waals surface area contributed by atoms with E-state index in [1.165, 1.54) is 5.56 Å². The van der Waals surface area contributed by atoms with Gasteiger partial charge in [0.15, 0.2) is 11.5 Å². The standard InChI is InChI=1S/C22H28N2O3/c1-22(2)14-18-6-5-7-19(20(18)27-22)26-15-16-8-10-17(11-9-16)21(25)23-12-13-24(3)4/h5-11H,12-15H2,1-4H3,(H,23,25). The number of para-hydroxylation sites is 1. The van der Waals surface area contributed by atoms with Crippen LogP contribution in [0.4, 0.5) is 0 Å². The molecule has 0 aliphatic carbocycles. The maximum atomic E-state index is 12.1. The summed E-state index contributed by atoms with van der Waals surface area (Å²) in [5, 5.41) is 2.92. The summed E-state index contributed by atoms with van der Waals surface area (Å²) in [4.78, 5) is 14.2. The summed E-state index contributed by atoms with van der Waals surface area (Å²) in [5.74, 6) is 1.56. The van der Waals surface area contributed by atoms with Crippen molar-refractivity contribution in [1.82, 2.24) is 10.2 Å². The van der Waals surface area contributed by atoms with Crippen molar-refractivity contribution in [3.8, 4) is 11.5 Å². The Labute approximate surface area is 161 Å². The number of amides is 1. The molecule has 1 amide bonds. The third-order valence-corrected chi connectivity index (χ3v) is 4.51. The van der Waals surface area contributed by atoms with Crippen molar-refractivity contribution >= 4 is 5.91 Å². The van der Waals surface area contributed by atoms with E-state index in [0.717, 1.165) is 30.0 Å². The van der Waals surface area contributed by atoms with Gasteiger partial charge in [0, 0.05) is 30.6 Å². The van der Waals surface area contributed by atoms with Crippen molar-refractivity contribution in [3.05, 3.63) is 59.2 Å². The fourth-order valence-electron chi connectivity index (χ4n) is 3.11. The van der Waals surface area contributed by atoms with Crippen LogP contribution in [0.1, 0.15) is 35.3 Å². The summed E-state index contributed by atoms with van der Waals surface area (Å²) in [7, 11) is 3.96. The smallest absolute Gasteiger partial charge is 0.251 e. The second kappa shape index (κ2) is 8.01. The Morgan fingerprint density at radius 3 is 2.63 bits per heavy atom. The Morgan fingerprint density at radius 1 is 1.19 bits per heavy atom. The lowest BCUT2D eigenvalue weighted by Gasteiger charge is -2.18. The molecule has 0 atom stereocenters. The first-order chi connectivity index (χ1) is 12.8. The van der Waals surface area contributed by atoms with Gasteiger partial charge < -0.3 is 19.7 Å². The van der Waals surface area contributed by atoms with Crippen LogP contribution in [0, 0.1) is 0 Å². The third kappa shape index (κ3) is 5.01. The van der Waals surface area contributed by atoms with E-state index in [9.17, 15) is 4.79 Å². The molecule has 1 aliphatic rings. The van der Waals surface area contributed by atoms with Crippen molar-refractivity contribution < 1.29 is 14.3 Å². The Bertz CT molecular complexity index is 798. The van der Waals surface area contributed by atoms with E-state index in [4.69, 9.17) is 9.47 Å². The number of nitrogens with one attached hydrogen (secondary N) is 1. The molecule has 0 saturated carbocycles. The first-order valence-electron chi connectivity index (χ1n) is 9.30. The van der Waals surface area contributed by atoms with Crippen LogP contribution in [0.5, 0.6) is 11.5 Å². The van der Waals surface area contributed by atoms with Crippen LogP contribution in [0.15, 0.2) is 42.5 Å². The summed E-state index contributed by atoms with van der Waals surface area (Å²) in [6.07, 6.45) is 0.886. The fraction of sp³-hybridized carbons (Fsp3) is 0.409. The Kier molecular flexibility index (Phi) is 5.71. The highest BCUT2D eigenvalue weighted by Gasteiger charge is 2.32. The number of carbonyl (C=O) groups excluding carboxylic acids is 1. The topological polar surface area (TPSA) is 50.8 Å². The maximum Gasteiger partial charge on any atom is 0.251 e. The highest BCUT2D eigenvalue weighted by molar-refractivity contribution is 5.94. The molecule has 2 aromatic carbocycles. The number of carbonyl (C=O) groups is 1. The molecule has 0 radical (unpaired) electrons. The minimum Gasteiger partial charge on any atom is -0.485 e. The molecule has 5 heteroatoms. The van der Waals surface area contributed by atoms with Crippen LogP contribution in [-0.4, -0.2) is 43.6 Å². The zero-order chi connectivity index (χ0) is 19.4. The lowest BCUT2D eigenvalue weighted by atomic mass is 10.0. The number of rotatable bonds is 7. The molecule has 0 fully saturated rings. The van der Waals surface area contributed by atoms with E-state index in [2.05, 4.69) is 25.2 Å². The van der Waals surface area contributed by atoms with Crippen molar-refractivity contribution in [2.45, 2.75) is 32.5 Å². The minimum atomic E-state index is -0.191. The van der Waals surface area contributed by atoms with Crippen molar-refractivity contribution in [1.29, 1.82) is 0 Å². The SMILES string of the molecule is CN(C)CCNC(=O)c1ccc(COc2cccc3c2OC(C)(C)C3)cc1. The lowest BCUT2D eigenvalue weighted by Crippen LogP contribution is -2.31. The summed E-state index contributed by atoms with van der Waals surface area (Å²) < 4.78 is 12.0. The first kappa shape index (κ1) is 19.2. The van der Waals surface area contributed by atoms with Crippen LogP contribution < -0.4 is 14.8 Å². The minimum absolute atomic E-state index is 0.0548. The molecule has 0 saturated heterocycles. The Hall–Kier alpha value is -2.53. The monoisotopic (exact) mass is 368 g/mol. The molecule has 0 aromatic heterocycles. The molecular formula is C22H28N2O3. The second-order valence-corrected chi connectivity index (χ2v) is 7.83. The van der Waals surface area contributed by atoms with Gasteiger partial charge in [-0.05, 0) is 51.7 Å². The van der Waals surface area contributed by atoms with Crippen LogP contribution in [-0.2, 0) is 13.0 Å². The van der Waals surface area contributed by atoms with Gasteiger partial charge in [0.05, 0.1) is 0 Å². The summed E-state index contributed by atoms with van der Waals surface area (Å²) in [5.41, 5.74) is 2.66. The third-order valence-electron chi connectivity index (χ3n) is 4.51. The molecule has 0 unspecified atom stereocenters. The summed E-state index contributed by atoms with van der Waals surface area (Å²) in [6.45, 7) is 6.05. The summed E-state index contributed by atoms with van der Waals surface area (Å²) in [6, 6.07) is 13.5. The molecule has 1 heterocycles. The Morgan fingerprint density at radius 2 is 1.93 bits per heavy atom. The molecular weight excluding hydrogens is 340 g/mol. The molecule has 27 heavy (non-hydrogen) atoms. The molecule has 1 aliphatic heterocycles. The molecule has 0 bridgehead atoms. The highest BCUT2D eigenvalue weighted by Crippen LogP contribution is 2.41. The van der Waals surface area contributed by atoms with Crippen LogP contribution in [0.25, 0.3) is 0 Å². The predicted molar refractivity (Wildman–Crippen MR) is 107 cm³/mol. The zero-order valence-electron chi connectivity index (χ0n) is 16.5. The normalized spacial score (nSPS) is 14.6. The van der Waals surface area contributed by atoms with Gasteiger partial charge in [-0.25, -0.2) is 0 Å². The lowest BCUT2D eigenvalue weighted by molar-refractivity contribution is 0.0951. The average Bonchev–Trinajstić information content (AvgIpc) is 2.94. The van der Waals surface area contributed by atoms with E-state index in [-0.39, 0.29) is 11.5 Å². The predicted octanol–water partition coefficient (Wildman–Crippen LogP) is 3.27. The largest absolute Gasteiger partial charge is 0.485 e. The van der Waals surface area contributed by atoms with Gasteiger partial charge in [-0.2, -0.15) is 0 Å². The van der Waals surface area contributed by atoms with Gasteiger partial charge in [-0.15, -0.1) is 0 Å². The van der Waals surface area contributed by atoms with Crippen molar-refractivity contribution in [3.63, 3.8) is 0 Å². The highest BCUT2D eigenvalue weighted by atomic mass is 16.5.